The maximum Gasteiger partial charge on any atom is 0.417 e. The van der Waals surface area contributed by atoms with Crippen LogP contribution < -0.4 is 4.90 Å². The van der Waals surface area contributed by atoms with E-state index in [1.165, 1.54) is 6.07 Å². The molecule has 7 heteroatoms. The van der Waals surface area contributed by atoms with Crippen molar-refractivity contribution >= 4 is 11.7 Å². The summed E-state index contributed by atoms with van der Waals surface area (Å²) in [6.45, 7) is 4.50. The number of halogens is 3. The first kappa shape index (κ1) is 17.3. The maximum atomic E-state index is 12.9. The number of carboxylic acids is 1. The largest absolute Gasteiger partial charge is 0.478 e. The van der Waals surface area contributed by atoms with Crippen molar-refractivity contribution in [3.8, 4) is 0 Å². The molecule has 0 amide bonds. The molecule has 21 heavy (non-hydrogen) atoms. The van der Waals surface area contributed by atoms with Gasteiger partial charge in [0, 0.05) is 19.3 Å². The zero-order valence-electron chi connectivity index (χ0n) is 12.1. The van der Waals surface area contributed by atoms with E-state index in [0.29, 0.717) is 18.8 Å². The van der Waals surface area contributed by atoms with Gasteiger partial charge in [-0.05, 0) is 32.0 Å². The number of ether oxygens (including phenoxy) is 1. The summed E-state index contributed by atoms with van der Waals surface area (Å²) in [5, 5.41) is 8.83. The van der Waals surface area contributed by atoms with Gasteiger partial charge in [0.2, 0.25) is 0 Å². The summed E-state index contributed by atoms with van der Waals surface area (Å²) in [5.41, 5.74) is -1.61. The number of likely N-dealkylation sites (N-methyl/N-ethyl adjacent to an activating group) is 1. The van der Waals surface area contributed by atoms with Crippen molar-refractivity contribution in [2.24, 2.45) is 0 Å². The zero-order chi connectivity index (χ0) is 16.2. The number of carboxylic acid groups (broad SMARTS) is 1. The summed E-state index contributed by atoms with van der Waals surface area (Å²) in [4.78, 5) is 12.4. The van der Waals surface area contributed by atoms with Crippen LogP contribution in [0.5, 0.6) is 0 Å². The zero-order valence-corrected chi connectivity index (χ0v) is 12.1. The van der Waals surface area contributed by atoms with Crippen LogP contribution in [0.1, 0.15) is 29.8 Å². The van der Waals surface area contributed by atoms with Crippen LogP contribution in [-0.2, 0) is 10.9 Å². The summed E-state index contributed by atoms with van der Waals surface area (Å²) >= 11 is 0. The van der Waals surface area contributed by atoms with Crippen molar-refractivity contribution in [2.75, 3.05) is 25.1 Å². The van der Waals surface area contributed by atoms with E-state index in [9.17, 15) is 18.0 Å². The van der Waals surface area contributed by atoms with E-state index in [2.05, 4.69) is 0 Å². The molecule has 0 heterocycles. The number of alkyl halides is 3. The Balaban J connectivity index is 2.97. The molecule has 0 aliphatic heterocycles. The Morgan fingerprint density at radius 3 is 2.48 bits per heavy atom. The van der Waals surface area contributed by atoms with Crippen LogP contribution >= 0.6 is 0 Å². The molecular weight excluding hydrogens is 287 g/mol. The first-order chi connectivity index (χ1) is 9.62. The van der Waals surface area contributed by atoms with Crippen LogP contribution in [0, 0.1) is 0 Å². The Labute approximate surface area is 121 Å². The lowest BCUT2D eigenvalue weighted by Crippen LogP contribution is -2.24. The quantitative estimate of drug-likeness (QED) is 0.876. The van der Waals surface area contributed by atoms with Gasteiger partial charge in [0.15, 0.2) is 0 Å². The van der Waals surface area contributed by atoms with Gasteiger partial charge in [0.25, 0.3) is 0 Å². The van der Waals surface area contributed by atoms with Gasteiger partial charge >= 0.3 is 12.1 Å². The van der Waals surface area contributed by atoms with Crippen molar-refractivity contribution in [1.29, 1.82) is 0 Å². The molecule has 118 valence electrons. The van der Waals surface area contributed by atoms with Crippen molar-refractivity contribution in [3.63, 3.8) is 0 Å². The van der Waals surface area contributed by atoms with Gasteiger partial charge < -0.3 is 14.7 Å². The molecule has 1 N–H and O–H groups in total. The number of benzene rings is 1. The summed E-state index contributed by atoms with van der Waals surface area (Å²) in [6, 6.07) is 3.17. The topological polar surface area (TPSA) is 49.8 Å². The van der Waals surface area contributed by atoms with Crippen LogP contribution in [0.15, 0.2) is 18.2 Å². The molecule has 0 atom stereocenters. The van der Waals surface area contributed by atoms with Crippen LogP contribution in [0.25, 0.3) is 0 Å². The lowest BCUT2D eigenvalue weighted by molar-refractivity contribution is -0.138. The molecule has 0 spiro atoms. The van der Waals surface area contributed by atoms with Gasteiger partial charge in [-0.2, -0.15) is 13.2 Å². The van der Waals surface area contributed by atoms with E-state index >= 15 is 0 Å². The molecule has 0 aliphatic carbocycles. The van der Waals surface area contributed by atoms with Crippen LogP contribution in [0.3, 0.4) is 0 Å². The summed E-state index contributed by atoms with van der Waals surface area (Å²) in [6.07, 6.45) is -4.67. The molecule has 0 saturated carbocycles. The highest BCUT2D eigenvalue weighted by Crippen LogP contribution is 2.34. The normalized spacial score (nSPS) is 11.8. The molecule has 0 aliphatic rings. The fourth-order valence-corrected chi connectivity index (χ4v) is 1.75. The number of nitrogens with zero attached hydrogens (tertiary/aromatic N) is 1. The number of aromatic carboxylic acids is 1. The fraction of sp³-hybridized carbons (Fsp3) is 0.500. The third kappa shape index (κ3) is 4.93. The third-order valence-electron chi connectivity index (χ3n) is 2.86. The van der Waals surface area contributed by atoms with Gasteiger partial charge in [-0.1, -0.05) is 0 Å². The molecule has 0 radical (unpaired) electrons. The predicted octanol–water partition coefficient (Wildman–Crippen LogP) is 3.26. The summed E-state index contributed by atoms with van der Waals surface area (Å²) in [5.74, 6) is -1.60. The standard InChI is InChI=1S/C14H18F3NO3/c1-9(2)21-7-6-18(3)10-4-5-11(13(19)20)12(8-10)14(15,16)17/h4-5,8-9H,6-7H2,1-3H3,(H,19,20). The Kier molecular flexibility index (Phi) is 5.60. The van der Waals surface area contributed by atoms with E-state index in [1.807, 2.05) is 13.8 Å². The predicted molar refractivity (Wildman–Crippen MR) is 72.8 cm³/mol. The SMILES string of the molecule is CC(C)OCCN(C)c1ccc(C(=O)O)c(C(F)(F)F)c1. The second-order valence-electron chi connectivity index (χ2n) is 4.87. The van der Waals surface area contributed by atoms with E-state index in [1.54, 1.807) is 11.9 Å². The monoisotopic (exact) mass is 305 g/mol. The smallest absolute Gasteiger partial charge is 0.417 e. The van der Waals surface area contributed by atoms with Gasteiger partial charge in [0.1, 0.15) is 0 Å². The lowest BCUT2D eigenvalue weighted by atomic mass is 10.1. The van der Waals surface area contributed by atoms with Crippen LogP contribution in [-0.4, -0.2) is 37.4 Å². The van der Waals surface area contributed by atoms with Crippen molar-refractivity contribution in [2.45, 2.75) is 26.1 Å². The first-order valence-electron chi connectivity index (χ1n) is 6.40. The molecule has 0 saturated heterocycles. The average molecular weight is 305 g/mol. The first-order valence-corrected chi connectivity index (χ1v) is 6.40. The Morgan fingerprint density at radius 1 is 1.38 bits per heavy atom. The Bertz CT molecular complexity index is 501. The fourth-order valence-electron chi connectivity index (χ4n) is 1.75. The molecule has 4 nitrogen and oxygen atoms in total. The summed E-state index contributed by atoms with van der Waals surface area (Å²) in [7, 11) is 1.62. The lowest BCUT2D eigenvalue weighted by Gasteiger charge is -2.22. The Hall–Kier alpha value is -1.76. The van der Waals surface area contributed by atoms with E-state index in [4.69, 9.17) is 9.84 Å². The van der Waals surface area contributed by atoms with Crippen molar-refractivity contribution in [3.05, 3.63) is 29.3 Å². The second-order valence-corrected chi connectivity index (χ2v) is 4.87. The van der Waals surface area contributed by atoms with Gasteiger partial charge in [0.05, 0.1) is 23.8 Å². The van der Waals surface area contributed by atoms with Gasteiger partial charge in [-0.15, -0.1) is 0 Å². The highest BCUT2D eigenvalue weighted by molar-refractivity contribution is 5.90. The number of carbonyl (C=O) groups is 1. The van der Waals surface area contributed by atoms with E-state index < -0.39 is 23.3 Å². The number of rotatable bonds is 6. The van der Waals surface area contributed by atoms with Crippen molar-refractivity contribution < 1.29 is 27.8 Å². The average Bonchev–Trinajstić information content (AvgIpc) is 2.36. The molecule has 1 aromatic carbocycles. The minimum atomic E-state index is -4.71. The highest BCUT2D eigenvalue weighted by atomic mass is 19.4. The molecule has 0 bridgehead atoms. The highest BCUT2D eigenvalue weighted by Gasteiger charge is 2.35. The molecule has 1 aromatic rings. The van der Waals surface area contributed by atoms with Crippen LogP contribution in [0.4, 0.5) is 18.9 Å². The minimum Gasteiger partial charge on any atom is -0.478 e. The number of hydrogen-bond acceptors (Lipinski definition) is 3. The van der Waals surface area contributed by atoms with E-state index in [-0.39, 0.29) is 6.10 Å². The number of hydrogen-bond donors (Lipinski definition) is 1. The van der Waals surface area contributed by atoms with Crippen molar-refractivity contribution in [1.82, 2.24) is 0 Å². The minimum absolute atomic E-state index is 0.0403. The van der Waals surface area contributed by atoms with Gasteiger partial charge in [-0.25, -0.2) is 4.79 Å². The maximum absolute atomic E-state index is 12.9. The molecule has 0 unspecified atom stereocenters. The van der Waals surface area contributed by atoms with Gasteiger partial charge in [-0.3, -0.25) is 0 Å². The molecular formula is C14H18F3NO3. The van der Waals surface area contributed by atoms with Crippen LogP contribution in [0.2, 0.25) is 0 Å². The summed E-state index contributed by atoms with van der Waals surface area (Å²) < 4.78 is 44.0. The third-order valence-corrected chi connectivity index (χ3v) is 2.86. The molecule has 1 rings (SSSR count). The molecule has 0 aromatic heterocycles. The molecule has 0 fully saturated rings. The Morgan fingerprint density at radius 2 is 2.00 bits per heavy atom. The second kappa shape index (κ2) is 6.80. The number of anilines is 1. The van der Waals surface area contributed by atoms with E-state index in [0.717, 1.165) is 12.1 Å².